The van der Waals surface area contributed by atoms with Crippen molar-refractivity contribution in [3.8, 4) is 5.88 Å². The van der Waals surface area contributed by atoms with Crippen molar-refractivity contribution in [2.45, 2.75) is 25.6 Å². The zero-order valence-electron chi connectivity index (χ0n) is 10.1. The molecule has 0 saturated heterocycles. The summed E-state index contributed by atoms with van der Waals surface area (Å²) in [5.41, 5.74) is -1.61. The van der Waals surface area contributed by atoms with Gasteiger partial charge < -0.3 is 9.84 Å². The fourth-order valence-corrected chi connectivity index (χ4v) is 1.34. The lowest BCUT2D eigenvalue weighted by atomic mass is 10.2. The maximum Gasteiger partial charge on any atom is 0.421 e. The molecule has 7 heteroatoms. The Morgan fingerprint density at radius 3 is 2.68 bits per heavy atom. The first kappa shape index (κ1) is 15.0. The Morgan fingerprint density at radius 1 is 1.58 bits per heavy atom. The molecule has 0 bridgehead atoms. The monoisotopic (exact) mass is 275 g/mol. The molecular weight excluding hydrogens is 263 g/mol. The minimum Gasteiger partial charge on any atom is -0.477 e. The lowest BCUT2D eigenvalue weighted by molar-refractivity contribution is -0.139. The van der Waals surface area contributed by atoms with Crippen LogP contribution in [0.4, 0.5) is 13.2 Å². The molecule has 0 aliphatic rings. The first-order valence-electron chi connectivity index (χ1n) is 5.34. The third-order valence-electron chi connectivity index (χ3n) is 2.20. The number of carbonyl (C=O) groups is 1. The molecule has 0 aromatic carbocycles. The fraction of sp³-hybridized carbons (Fsp3) is 0.333. The van der Waals surface area contributed by atoms with Crippen LogP contribution in [0.3, 0.4) is 0 Å². The zero-order chi connectivity index (χ0) is 14.6. The van der Waals surface area contributed by atoms with Crippen molar-refractivity contribution in [1.82, 2.24) is 4.98 Å². The Bertz CT molecular complexity index is 486. The molecule has 1 aromatic heterocycles. The first-order chi connectivity index (χ1) is 8.75. The topological polar surface area (TPSA) is 59.4 Å². The van der Waals surface area contributed by atoms with Crippen LogP contribution in [0.25, 0.3) is 0 Å². The van der Waals surface area contributed by atoms with E-state index in [1.54, 1.807) is 0 Å². The van der Waals surface area contributed by atoms with Crippen LogP contribution in [0.15, 0.2) is 24.8 Å². The quantitative estimate of drug-likeness (QED) is 0.839. The summed E-state index contributed by atoms with van der Waals surface area (Å²) in [5, 5.41) is 8.72. The summed E-state index contributed by atoms with van der Waals surface area (Å²) in [7, 11) is 0. The summed E-state index contributed by atoms with van der Waals surface area (Å²) in [5.74, 6) is -2.16. The molecular formula is C12H12F3NO3. The number of pyridine rings is 1. The molecule has 0 fully saturated rings. The summed E-state index contributed by atoms with van der Waals surface area (Å²) in [4.78, 5) is 14.1. The average molecular weight is 275 g/mol. The number of hydrogen-bond donors (Lipinski definition) is 1. The number of rotatable bonds is 5. The van der Waals surface area contributed by atoms with Crippen LogP contribution in [-0.2, 0) is 6.18 Å². The molecule has 1 N–H and O–H groups in total. The molecule has 0 radical (unpaired) electrons. The predicted octanol–water partition coefficient (Wildman–Crippen LogP) is 3.14. The van der Waals surface area contributed by atoms with Crippen LogP contribution in [0.2, 0.25) is 0 Å². The number of ether oxygens (including phenoxy) is 1. The van der Waals surface area contributed by atoms with Crippen LogP contribution in [0.1, 0.15) is 29.4 Å². The van der Waals surface area contributed by atoms with Gasteiger partial charge in [-0.25, -0.2) is 9.78 Å². The van der Waals surface area contributed by atoms with E-state index in [9.17, 15) is 18.0 Å². The minimum atomic E-state index is -4.66. The standard InChI is InChI=1S/C12H12F3NO3/c1-3-4-7(2)19-10-8(12(13,14)15)5-6-9(16-10)11(17)18/h3,5-7H,1,4H2,2H3,(H,17,18)/t7-/m1/s1. The molecule has 0 spiro atoms. The highest BCUT2D eigenvalue weighted by molar-refractivity contribution is 5.85. The SMILES string of the molecule is C=CC[C@@H](C)Oc1nc(C(=O)O)ccc1C(F)(F)F. The molecule has 104 valence electrons. The van der Waals surface area contributed by atoms with Gasteiger partial charge in [-0.1, -0.05) is 6.08 Å². The van der Waals surface area contributed by atoms with Gasteiger partial charge in [0.2, 0.25) is 5.88 Å². The van der Waals surface area contributed by atoms with Crippen LogP contribution in [-0.4, -0.2) is 22.2 Å². The van der Waals surface area contributed by atoms with Crippen molar-refractivity contribution in [3.05, 3.63) is 36.0 Å². The van der Waals surface area contributed by atoms with Crippen LogP contribution in [0.5, 0.6) is 5.88 Å². The average Bonchev–Trinajstić information content (AvgIpc) is 2.27. The van der Waals surface area contributed by atoms with Gasteiger partial charge in [-0.05, 0) is 19.1 Å². The van der Waals surface area contributed by atoms with E-state index in [1.807, 2.05) is 0 Å². The van der Waals surface area contributed by atoms with E-state index in [0.29, 0.717) is 12.5 Å². The second-order valence-corrected chi connectivity index (χ2v) is 3.80. The molecule has 0 saturated carbocycles. The Balaban J connectivity index is 3.18. The molecule has 0 aliphatic heterocycles. The van der Waals surface area contributed by atoms with Crippen molar-refractivity contribution < 1.29 is 27.8 Å². The summed E-state index contributed by atoms with van der Waals surface area (Å²) in [6.45, 7) is 4.98. The number of hydrogen-bond acceptors (Lipinski definition) is 3. The molecule has 1 aromatic rings. The van der Waals surface area contributed by atoms with Crippen molar-refractivity contribution in [1.29, 1.82) is 0 Å². The first-order valence-corrected chi connectivity index (χ1v) is 5.34. The number of carboxylic acids is 1. The van der Waals surface area contributed by atoms with Gasteiger partial charge in [0.15, 0.2) is 5.69 Å². The van der Waals surface area contributed by atoms with E-state index in [0.717, 1.165) is 6.07 Å². The van der Waals surface area contributed by atoms with Gasteiger partial charge in [0.25, 0.3) is 0 Å². The molecule has 19 heavy (non-hydrogen) atoms. The van der Waals surface area contributed by atoms with E-state index >= 15 is 0 Å². The number of alkyl halides is 3. The van der Waals surface area contributed by atoms with Gasteiger partial charge in [-0.2, -0.15) is 13.2 Å². The molecule has 4 nitrogen and oxygen atoms in total. The lowest BCUT2D eigenvalue weighted by Gasteiger charge is -2.17. The Labute approximate surface area is 107 Å². The van der Waals surface area contributed by atoms with Crippen molar-refractivity contribution in [3.63, 3.8) is 0 Å². The number of aromatic carboxylic acids is 1. The normalized spacial score (nSPS) is 12.8. The Morgan fingerprint density at radius 2 is 2.21 bits per heavy atom. The molecule has 0 unspecified atom stereocenters. The van der Waals surface area contributed by atoms with Gasteiger partial charge in [-0.15, -0.1) is 6.58 Å². The highest BCUT2D eigenvalue weighted by Gasteiger charge is 2.36. The highest BCUT2D eigenvalue weighted by atomic mass is 19.4. The van der Waals surface area contributed by atoms with Crippen molar-refractivity contribution >= 4 is 5.97 Å². The lowest BCUT2D eigenvalue weighted by Crippen LogP contribution is -2.17. The largest absolute Gasteiger partial charge is 0.477 e. The van der Waals surface area contributed by atoms with Gasteiger partial charge in [0, 0.05) is 6.42 Å². The fourth-order valence-electron chi connectivity index (χ4n) is 1.34. The summed E-state index contributed by atoms with van der Waals surface area (Å²) < 4.78 is 43.2. The third kappa shape index (κ3) is 3.97. The Kier molecular flexibility index (Phi) is 4.52. The second kappa shape index (κ2) is 5.73. The van der Waals surface area contributed by atoms with Crippen molar-refractivity contribution in [2.75, 3.05) is 0 Å². The highest BCUT2D eigenvalue weighted by Crippen LogP contribution is 2.35. The van der Waals surface area contributed by atoms with Gasteiger partial charge in [0.05, 0.1) is 0 Å². The molecule has 1 rings (SSSR count). The maximum absolute atomic E-state index is 12.7. The van der Waals surface area contributed by atoms with Gasteiger partial charge in [0.1, 0.15) is 11.7 Å². The van der Waals surface area contributed by atoms with E-state index in [-0.39, 0.29) is 0 Å². The second-order valence-electron chi connectivity index (χ2n) is 3.80. The number of halogens is 3. The van der Waals surface area contributed by atoms with Crippen LogP contribution < -0.4 is 4.74 Å². The third-order valence-corrected chi connectivity index (χ3v) is 2.20. The number of carboxylic acid groups (broad SMARTS) is 1. The summed E-state index contributed by atoms with van der Waals surface area (Å²) in [6.07, 6.45) is -3.45. The van der Waals surface area contributed by atoms with E-state index < -0.39 is 35.4 Å². The summed E-state index contributed by atoms with van der Waals surface area (Å²) in [6, 6.07) is 1.43. The molecule has 1 heterocycles. The summed E-state index contributed by atoms with van der Waals surface area (Å²) >= 11 is 0. The van der Waals surface area contributed by atoms with E-state index in [1.165, 1.54) is 13.0 Å². The van der Waals surface area contributed by atoms with E-state index in [4.69, 9.17) is 9.84 Å². The minimum absolute atomic E-state index is 0.316. The van der Waals surface area contributed by atoms with Crippen LogP contribution >= 0.6 is 0 Å². The Hall–Kier alpha value is -2.05. The van der Waals surface area contributed by atoms with Crippen LogP contribution in [0, 0.1) is 0 Å². The smallest absolute Gasteiger partial charge is 0.421 e. The number of aromatic nitrogens is 1. The molecule has 1 atom stereocenters. The predicted molar refractivity (Wildman–Crippen MR) is 61.1 cm³/mol. The van der Waals surface area contributed by atoms with Gasteiger partial charge in [-0.3, -0.25) is 0 Å². The number of nitrogens with zero attached hydrogens (tertiary/aromatic N) is 1. The van der Waals surface area contributed by atoms with Gasteiger partial charge >= 0.3 is 12.1 Å². The molecule has 0 amide bonds. The molecule has 0 aliphatic carbocycles. The van der Waals surface area contributed by atoms with Crippen molar-refractivity contribution in [2.24, 2.45) is 0 Å². The zero-order valence-corrected chi connectivity index (χ0v) is 10.1. The van der Waals surface area contributed by atoms with E-state index in [2.05, 4.69) is 11.6 Å². The maximum atomic E-state index is 12.7.